The van der Waals surface area contributed by atoms with Crippen LogP contribution in [0, 0.1) is 10.1 Å². The second-order valence-electron chi connectivity index (χ2n) is 7.61. The summed E-state index contributed by atoms with van der Waals surface area (Å²) in [6.45, 7) is 3.08. The first kappa shape index (κ1) is 22.9. The largest absolute Gasteiger partial charge is 0.502 e. The summed E-state index contributed by atoms with van der Waals surface area (Å²) in [6, 6.07) is 6.71. The predicted molar refractivity (Wildman–Crippen MR) is 117 cm³/mol. The highest BCUT2D eigenvalue weighted by molar-refractivity contribution is 7.89. The fourth-order valence-electron chi connectivity index (χ4n) is 3.78. The van der Waals surface area contributed by atoms with Crippen molar-refractivity contribution in [3.8, 4) is 5.75 Å². The molecule has 0 bridgehead atoms. The summed E-state index contributed by atoms with van der Waals surface area (Å²) in [5, 5.41) is 20.6. The van der Waals surface area contributed by atoms with E-state index in [0.717, 1.165) is 12.1 Å². The maximum atomic E-state index is 12.7. The number of nitro benzene ring substituents is 1. The van der Waals surface area contributed by atoms with Crippen LogP contribution in [0.15, 0.2) is 41.4 Å². The second kappa shape index (κ2) is 9.29. The number of ether oxygens (including phenoxy) is 1. The first-order chi connectivity index (χ1) is 15.8. The molecule has 33 heavy (non-hydrogen) atoms. The van der Waals surface area contributed by atoms with Gasteiger partial charge in [-0.3, -0.25) is 14.9 Å². The maximum Gasteiger partial charge on any atom is 0.310 e. The molecule has 0 unspecified atom stereocenters. The van der Waals surface area contributed by atoms with Crippen LogP contribution < -0.4 is 4.90 Å². The highest BCUT2D eigenvalue weighted by Crippen LogP contribution is 2.27. The van der Waals surface area contributed by atoms with E-state index in [1.54, 1.807) is 11.0 Å². The van der Waals surface area contributed by atoms with E-state index in [4.69, 9.17) is 4.74 Å². The molecule has 0 aliphatic carbocycles. The van der Waals surface area contributed by atoms with Crippen LogP contribution in [0.2, 0.25) is 0 Å². The van der Waals surface area contributed by atoms with Gasteiger partial charge in [0.1, 0.15) is 10.7 Å². The molecular formula is C20H23N5O7S. The van der Waals surface area contributed by atoms with Crippen LogP contribution in [0.1, 0.15) is 10.4 Å². The van der Waals surface area contributed by atoms with Crippen molar-refractivity contribution in [1.82, 2.24) is 14.2 Å². The molecule has 2 fully saturated rings. The number of aromatic nitrogens is 1. The van der Waals surface area contributed by atoms with E-state index in [-0.39, 0.29) is 16.4 Å². The van der Waals surface area contributed by atoms with Gasteiger partial charge in [0.05, 0.1) is 18.1 Å². The highest BCUT2D eigenvalue weighted by Gasteiger charge is 2.28. The molecule has 0 spiro atoms. The molecule has 12 nitrogen and oxygen atoms in total. The highest BCUT2D eigenvalue weighted by atomic mass is 32.2. The lowest BCUT2D eigenvalue weighted by molar-refractivity contribution is -0.385. The van der Waals surface area contributed by atoms with Crippen LogP contribution in [0.3, 0.4) is 0 Å². The lowest BCUT2D eigenvalue weighted by Crippen LogP contribution is -2.49. The molecule has 0 saturated carbocycles. The molecule has 2 aliphatic rings. The van der Waals surface area contributed by atoms with E-state index in [9.17, 15) is 28.4 Å². The Kier molecular flexibility index (Phi) is 6.44. The van der Waals surface area contributed by atoms with Crippen LogP contribution in [-0.4, -0.2) is 91.0 Å². The van der Waals surface area contributed by atoms with Crippen LogP contribution in [0.5, 0.6) is 5.75 Å². The Morgan fingerprint density at radius 1 is 1.06 bits per heavy atom. The van der Waals surface area contributed by atoms with Gasteiger partial charge < -0.3 is 19.6 Å². The molecule has 2 aromatic rings. The van der Waals surface area contributed by atoms with Crippen molar-refractivity contribution in [3.05, 3.63) is 52.2 Å². The molecule has 2 saturated heterocycles. The number of amides is 1. The Balaban J connectivity index is 1.38. The third kappa shape index (κ3) is 4.74. The topological polar surface area (TPSA) is 146 Å². The summed E-state index contributed by atoms with van der Waals surface area (Å²) >= 11 is 0. The minimum absolute atomic E-state index is 0.125. The third-order valence-corrected chi connectivity index (χ3v) is 7.52. The number of nitrogens with zero attached hydrogens (tertiary/aromatic N) is 5. The van der Waals surface area contributed by atoms with Crippen molar-refractivity contribution in [3.63, 3.8) is 0 Å². The quantitative estimate of drug-likeness (QED) is 0.485. The molecule has 176 valence electrons. The molecule has 13 heteroatoms. The molecule has 1 aromatic carbocycles. The summed E-state index contributed by atoms with van der Waals surface area (Å²) in [4.78, 5) is 30.8. The number of pyridine rings is 1. The number of morpholine rings is 1. The normalized spacial score (nSPS) is 17.7. The average Bonchev–Trinajstić information content (AvgIpc) is 2.84. The molecule has 0 radical (unpaired) electrons. The van der Waals surface area contributed by atoms with Crippen molar-refractivity contribution >= 4 is 27.4 Å². The fraction of sp³-hybridized carbons (Fsp3) is 0.400. The number of carbonyl (C=O) groups is 1. The van der Waals surface area contributed by atoms with Gasteiger partial charge in [0.25, 0.3) is 5.91 Å². The zero-order chi connectivity index (χ0) is 23.6. The Labute approximate surface area is 190 Å². The lowest BCUT2D eigenvalue weighted by atomic mass is 10.1. The summed E-state index contributed by atoms with van der Waals surface area (Å²) < 4.78 is 32.0. The van der Waals surface area contributed by atoms with Gasteiger partial charge in [-0.15, -0.1) is 0 Å². The van der Waals surface area contributed by atoms with E-state index in [1.165, 1.54) is 22.6 Å². The molecule has 1 amide bonds. The average molecular weight is 477 g/mol. The van der Waals surface area contributed by atoms with E-state index < -0.39 is 26.4 Å². The van der Waals surface area contributed by atoms with Gasteiger partial charge in [-0.25, -0.2) is 13.4 Å². The van der Waals surface area contributed by atoms with Crippen LogP contribution >= 0.6 is 0 Å². The molecular weight excluding hydrogens is 454 g/mol. The number of aromatic hydroxyl groups is 1. The zero-order valence-electron chi connectivity index (χ0n) is 17.7. The number of nitro groups is 1. The first-order valence-electron chi connectivity index (χ1n) is 10.3. The lowest BCUT2D eigenvalue weighted by Gasteiger charge is -2.35. The summed E-state index contributed by atoms with van der Waals surface area (Å²) in [7, 11) is -3.62. The summed E-state index contributed by atoms with van der Waals surface area (Å²) in [5.41, 5.74) is -0.288. The second-order valence-corrected chi connectivity index (χ2v) is 9.55. The van der Waals surface area contributed by atoms with E-state index in [1.807, 2.05) is 4.90 Å². The standard InChI is InChI=1S/C20H23N5O7S/c26-18-13-15(1-3-17(18)25(28)29)20(27)23-7-5-22(6-8-23)19-4-2-16(14-21-19)33(30,31)24-9-11-32-12-10-24/h1-4,13-14,26H,5-12H2. The summed E-state index contributed by atoms with van der Waals surface area (Å²) in [6.07, 6.45) is 1.34. The van der Waals surface area contributed by atoms with Crippen molar-refractivity contribution in [1.29, 1.82) is 0 Å². The van der Waals surface area contributed by atoms with Crippen LogP contribution in [0.25, 0.3) is 0 Å². The van der Waals surface area contributed by atoms with Gasteiger partial charge in [0.15, 0.2) is 5.75 Å². The zero-order valence-corrected chi connectivity index (χ0v) is 18.5. The van der Waals surface area contributed by atoms with Crippen LogP contribution in [0.4, 0.5) is 11.5 Å². The smallest absolute Gasteiger partial charge is 0.310 e. The van der Waals surface area contributed by atoms with E-state index in [0.29, 0.717) is 58.3 Å². The SMILES string of the molecule is O=C(c1ccc([N+](=O)[O-])c(O)c1)N1CCN(c2ccc(S(=O)(=O)N3CCOCC3)cn2)CC1. The number of phenolic OH excluding ortho intramolecular Hbond substituents is 1. The van der Waals surface area contributed by atoms with Crippen molar-refractivity contribution in [2.75, 3.05) is 57.4 Å². The minimum atomic E-state index is -3.62. The van der Waals surface area contributed by atoms with Crippen LogP contribution in [-0.2, 0) is 14.8 Å². The number of phenols is 1. The van der Waals surface area contributed by atoms with Gasteiger partial charge in [-0.1, -0.05) is 0 Å². The van der Waals surface area contributed by atoms with Gasteiger partial charge in [-0.2, -0.15) is 4.31 Å². The number of hydrogen-bond acceptors (Lipinski definition) is 9. The van der Waals surface area contributed by atoms with Crippen molar-refractivity contribution < 1.29 is 28.0 Å². The Hall–Kier alpha value is -3.29. The fourth-order valence-corrected chi connectivity index (χ4v) is 5.13. The third-order valence-electron chi connectivity index (χ3n) is 5.64. The Bertz CT molecular complexity index is 1140. The number of carbonyl (C=O) groups excluding carboxylic acids is 1. The first-order valence-corrected chi connectivity index (χ1v) is 11.8. The van der Waals surface area contributed by atoms with Gasteiger partial charge in [-0.05, 0) is 24.3 Å². The Morgan fingerprint density at radius 2 is 1.76 bits per heavy atom. The molecule has 1 aromatic heterocycles. The number of sulfonamides is 1. The summed E-state index contributed by atoms with van der Waals surface area (Å²) in [5.74, 6) is -0.281. The predicted octanol–water partition coefficient (Wildman–Crippen LogP) is 0.679. The molecule has 0 atom stereocenters. The number of hydrogen-bond donors (Lipinski definition) is 1. The van der Waals surface area contributed by atoms with Gasteiger partial charge >= 0.3 is 5.69 Å². The molecule has 3 heterocycles. The maximum absolute atomic E-state index is 12.7. The van der Waals surface area contributed by atoms with Gasteiger partial charge in [0.2, 0.25) is 10.0 Å². The monoisotopic (exact) mass is 477 g/mol. The number of benzene rings is 1. The van der Waals surface area contributed by atoms with E-state index >= 15 is 0 Å². The van der Waals surface area contributed by atoms with Crippen molar-refractivity contribution in [2.45, 2.75) is 4.90 Å². The van der Waals surface area contributed by atoms with E-state index in [2.05, 4.69) is 4.98 Å². The Morgan fingerprint density at radius 3 is 2.33 bits per heavy atom. The number of piperazine rings is 1. The minimum Gasteiger partial charge on any atom is -0.502 e. The molecule has 1 N–H and O–H groups in total. The molecule has 2 aliphatic heterocycles. The number of anilines is 1. The van der Waals surface area contributed by atoms with Gasteiger partial charge in [0, 0.05) is 57.1 Å². The van der Waals surface area contributed by atoms with Crippen molar-refractivity contribution in [2.24, 2.45) is 0 Å². The number of rotatable bonds is 5. The molecule has 4 rings (SSSR count).